The molecule has 122 valence electrons. The molecular formula is C20H19NO2S. The van der Waals surface area contributed by atoms with Crippen molar-refractivity contribution in [3.05, 3.63) is 83.4 Å². The molecule has 0 bridgehead atoms. The highest BCUT2D eigenvalue weighted by Gasteiger charge is 2.07. The fourth-order valence-corrected chi connectivity index (χ4v) is 3.32. The van der Waals surface area contributed by atoms with Crippen LogP contribution in [0, 0.1) is 0 Å². The summed E-state index contributed by atoms with van der Waals surface area (Å²) >= 11 is 0. The molecular weight excluding hydrogens is 318 g/mol. The van der Waals surface area contributed by atoms with E-state index in [1.165, 1.54) is 5.39 Å². The molecule has 0 fully saturated rings. The lowest BCUT2D eigenvalue weighted by atomic mass is 10.1. The van der Waals surface area contributed by atoms with Gasteiger partial charge in [-0.05, 0) is 40.1 Å². The number of hydrogen-bond donors (Lipinski definition) is 1. The van der Waals surface area contributed by atoms with Crippen molar-refractivity contribution < 1.29 is 9.00 Å². The van der Waals surface area contributed by atoms with Crippen molar-refractivity contribution >= 4 is 27.5 Å². The second-order valence-electron chi connectivity index (χ2n) is 5.78. The minimum atomic E-state index is -0.917. The summed E-state index contributed by atoms with van der Waals surface area (Å²) in [5, 5.41) is 5.30. The third-order valence-electron chi connectivity index (χ3n) is 3.83. The van der Waals surface area contributed by atoms with E-state index in [2.05, 4.69) is 29.6 Å². The van der Waals surface area contributed by atoms with E-state index in [-0.39, 0.29) is 5.91 Å². The number of nitrogens with one attached hydrogen (secondary N) is 1. The highest BCUT2D eigenvalue weighted by molar-refractivity contribution is 7.83. The van der Waals surface area contributed by atoms with Crippen LogP contribution in [0.4, 0.5) is 0 Å². The maximum absolute atomic E-state index is 12.3. The van der Waals surface area contributed by atoms with Crippen LogP contribution in [-0.2, 0) is 23.1 Å². The number of rotatable bonds is 5. The molecule has 1 N–H and O–H groups in total. The van der Waals surface area contributed by atoms with E-state index in [9.17, 15) is 9.00 Å². The Labute approximate surface area is 144 Å². The molecule has 4 heteroatoms. The Balaban J connectivity index is 1.69. The Morgan fingerprint density at radius 2 is 1.71 bits per heavy atom. The van der Waals surface area contributed by atoms with Crippen LogP contribution in [0.25, 0.3) is 10.8 Å². The lowest BCUT2D eigenvalue weighted by Crippen LogP contribution is -2.22. The van der Waals surface area contributed by atoms with E-state index < -0.39 is 10.8 Å². The van der Waals surface area contributed by atoms with Gasteiger partial charge in [-0.25, -0.2) is 0 Å². The molecule has 0 aliphatic rings. The van der Waals surface area contributed by atoms with Crippen LogP contribution in [-0.4, -0.2) is 16.4 Å². The molecule has 0 aliphatic carbocycles. The largest absolute Gasteiger partial charge is 0.348 e. The van der Waals surface area contributed by atoms with Crippen LogP contribution < -0.4 is 5.32 Å². The third kappa shape index (κ3) is 4.09. The van der Waals surface area contributed by atoms with Gasteiger partial charge in [-0.3, -0.25) is 9.00 Å². The molecule has 0 heterocycles. The van der Waals surface area contributed by atoms with E-state index in [0.717, 1.165) is 16.5 Å². The Morgan fingerprint density at radius 3 is 2.50 bits per heavy atom. The summed E-state index contributed by atoms with van der Waals surface area (Å²) in [6.07, 6.45) is 1.66. The summed E-state index contributed by atoms with van der Waals surface area (Å²) in [5.74, 6) is 0.345. The zero-order chi connectivity index (χ0) is 16.9. The highest BCUT2D eigenvalue weighted by Crippen LogP contribution is 2.15. The maximum atomic E-state index is 12.3. The second-order valence-corrected chi connectivity index (χ2v) is 7.22. The average molecular weight is 337 g/mol. The fraction of sp³-hybridized carbons (Fsp3) is 0.150. The highest BCUT2D eigenvalue weighted by atomic mass is 32.2. The number of carbonyl (C=O) groups excluding carboxylic acids is 1. The van der Waals surface area contributed by atoms with Crippen LogP contribution in [0.3, 0.4) is 0 Å². The van der Waals surface area contributed by atoms with Gasteiger partial charge < -0.3 is 5.32 Å². The minimum absolute atomic E-state index is 0.119. The topological polar surface area (TPSA) is 46.2 Å². The van der Waals surface area contributed by atoms with Gasteiger partial charge in [0.2, 0.25) is 0 Å². The van der Waals surface area contributed by atoms with Gasteiger partial charge in [-0.15, -0.1) is 0 Å². The van der Waals surface area contributed by atoms with Crippen LogP contribution in [0.5, 0.6) is 0 Å². The number of amides is 1. The van der Waals surface area contributed by atoms with E-state index in [4.69, 9.17) is 0 Å². The zero-order valence-electron chi connectivity index (χ0n) is 13.5. The Bertz CT molecular complexity index is 905. The van der Waals surface area contributed by atoms with E-state index in [1.54, 1.807) is 18.4 Å². The predicted octanol–water partition coefficient (Wildman–Crippen LogP) is 3.65. The summed E-state index contributed by atoms with van der Waals surface area (Å²) in [4.78, 5) is 12.3. The molecule has 3 aromatic carbocycles. The molecule has 0 saturated carbocycles. The van der Waals surface area contributed by atoms with Crippen molar-refractivity contribution in [3.63, 3.8) is 0 Å². The van der Waals surface area contributed by atoms with Crippen LogP contribution in [0.1, 0.15) is 21.5 Å². The van der Waals surface area contributed by atoms with Gasteiger partial charge in [0.05, 0.1) is 0 Å². The van der Waals surface area contributed by atoms with Gasteiger partial charge in [0.25, 0.3) is 5.91 Å². The molecule has 0 aliphatic heterocycles. The van der Waals surface area contributed by atoms with Crippen LogP contribution >= 0.6 is 0 Å². The molecule has 1 atom stereocenters. The first-order valence-corrected chi connectivity index (χ1v) is 9.49. The first-order chi connectivity index (χ1) is 11.6. The monoisotopic (exact) mass is 337 g/mol. The SMILES string of the molecule is CS(=O)Cc1cccc(C(=O)NCc2ccc3ccccc3c2)c1. The van der Waals surface area contributed by atoms with Crippen molar-refractivity contribution in [2.75, 3.05) is 6.26 Å². The van der Waals surface area contributed by atoms with Crippen LogP contribution in [0.15, 0.2) is 66.7 Å². The summed E-state index contributed by atoms with van der Waals surface area (Å²) in [6, 6.07) is 21.6. The fourth-order valence-electron chi connectivity index (χ4n) is 2.67. The van der Waals surface area contributed by atoms with Crippen molar-refractivity contribution in [2.45, 2.75) is 12.3 Å². The molecule has 1 unspecified atom stereocenters. The van der Waals surface area contributed by atoms with E-state index in [1.807, 2.05) is 30.3 Å². The Hall–Kier alpha value is -2.46. The summed E-state index contributed by atoms with van der Waals surface area (Å²) < 4.78 is 11.3. The standard InChI is InChI=1S/C20H19NO2S/c1-24(23)14-16-5-4-8-19(12-16)20(22)21-13-15-9-10-17-6-2-3-7-18(17)11-15/h2-12H,13-14H2,1H3,(H,21,22). The quantitative estimate of drug-likeness (QED) is 0.772. The van der Waals surface area contributed by atoms with Crippen molar-refractivity contribution in [1.82, 2.24) is 5.32 Å². The molecule has 3 aromatic rings. The van der Waals surface area contributed by atoms with Crippen LogP contribution in [0.2, 0.25) is 0 Å². The van der Waals surface area contributed by atoms with E-state index in [0.29, 0.717) is 17.9 Å². The van der Waals surface area contributed by atoms with E-state index >= 15 is 0 Å². The average Bonchev–Trinajstić information content (AvgIpc) is 2.59. The van der Waals surface area contributed by atoms with Crippen molar-refractivity contribution in [3.8, 4) is 0 Å². The molecule has 0 saturated heterocycles. The summed E-state index contributed by atoms with van der Waals surface area (Å²) in [5.41, 5.74) is 2.57. The number of carbonyl (C=O) groups is 1. The minimum Gasteiger partial charge on any atom is -0.348 e. The van der Waals surface area contributed by atoms with Crippen molar-refractivity contribution in [1.29, 1.82) is 0 Å². The lowest BCUT2D eigenvalue weighted by molar-refractivity contribution is 0.0951. The lowest BCUT2D eigenvalue weighted by Gasteiger charge is -2.08. The van der Waals surface area contributed by atoms with Gasteiger partial charge in [0.15, 0.2) is 0 Å². The van der Waals surface area contributed by atoms with Gasteiger partial charge in [-0.1, -0.05) is 48.5 Å². The third-order valence-corrected chi connectivity index (χ3v) is 4.57. The normalized spacial score (nSPS) is 12.0. The number of hydrogen-bond acceptors (Lipinski definition) is 2. The molecule has 3 nitrogen and oxygen atoms in total. The Kier molecular flexibility index (Phi) is 5.06. The summed E-state index contributed by atoms with van der Waals surface area (Å²) in [7, 11) is -0.917. The molecule has 24 heavy (non-hydrogen) atoms. The second kappa shape index (κ2) is 7.41. The maximum Gasteiger partial charge on any atom is 0.251 e. The first kappa shape index (κ1) is 16.4. The number of benzene rings is 3. The molecule has 0 radical (unpaired) electrons. The Morgan fingerprint density at radius 1 is 0.917 bits per heavy atom. The van der Waals surface area contributed by atoms with Gasteiger partial charge in [0, 0.05) is 34.9 Å². The first-order valence-electron chi connectivity index (χ1n) is 7.77. The molecule has 3 rings (SSSR count). The molecule has 0 aromatic heterocycles. The van der Waals surface area contributed by atoms with Gasteiger partial charge in [0.1, 0.15) is 0 Å². The molecule has 1 amide bonds. The van der Waals surface area contributed by atoms with Crippen molar-refractivity contribution in [2.24, 2.45) is 0 Å². The molecule has 0 spiro atoms. The smallest absolute Gasteiger partial charge is 0.251 e. The zero-order valence-corrected chi connectivity index (χ0v) is 14.3. The number of fused-ring (bicyclic) bond motifs is 1. The van der Waals surface area contributed by atoms with Gasteiger partial charge >= 0.3 is 0 Å². The summed E-state index contributed by atoms with van der Waals surface area (Å²) in [6.45, 7) is 0.480. The van der Waals surface area contributed by atoms with Gasteiger partial charge in [-0.2, -0.15) is 0 Å². The predicted molar refractivity (Wildman–Crippen MR) is 99.3 cm³/mol.